The molecule has 19 heavy (non-hydrogen) atoms. The number of fused-ring (bicyclic) bond motifs is 1. The number of hydrogen-bond donors (Lipinski definition) is 0. The molecule has 100 valence electrons. The van der Waals surface area contributed by atoms with E-state index in [4.69, 9.17) is 9.47 Å². The summed E-state index contributed by atoms with van der Waals surface area (Å²) in [4.78, 5) is 15.7. The largest absolute Gasteiger partial charge is 0.475 e. The molecule has 0 fully saturated rings. The summed E-state index contributed by atoms with van der Waals surface area (Å²) in [6.45, 7) is 3.34. The van der Waals surface area contributed by atoms with Crippen LogP contribution < -0.4 is 4.74 Å². The van der Waals surface area contributed by atoms with Gasteiger partial charge in [0.1, 0.15) is 5.75 Å². The van der Waals surface area contributed by atoms with Crippen LogP contribution >= 0.6 is 15.9 Å². The van der Waals surface area contributed by atoms with Gasteiger partial charge >= 0.3 is 5.97 Å². The molecule has 5 heteroatoms. The summed E-state index contributed by atoms with van der Waals surface area (Å²) in [5, 5.41) is 1.98. The van der Waals surface area contributed by atoms with Crippen LogP contribution in [-0.4, -0.2) is 23.7 Å². The molecule has 1 heterocycles. The molecule has 1 aromatic carbocycles. The van der Waals surface area contributed by atoms with Crippen molar-refractivity contribution in [3.8, 4) is 5.75 Å². The summed E-state index contributed by atoms with van der Waals surface area (Å²) in [5.74, 6) is 0.170. The predicted octanol–water partition coefficient (Wildman–Crippen LogP) is 3.33. The van der Waals surface area contributed by atoms with Gasteiger partial charge in [-0.05, 0) is 48.0 Å². The summed E-state index contributed by atoms with van der Waals surface area (Å²) < 4.78 is 11.3. The topological polar surface area (TPSA) is 48.4 Å². The zero-order chi connectivity index (χ0) is 14.0. The summed E-state index contributed by atoms with van der Waals surface area (Å²) in [6.07, 6.45) is 3.48. The van der Waals surface area contributed by atoms with E-state index in [-0.39, 0.29) is 0 Å². The molecule has 0 saturated carbocycles. The van der Waals surface area contributed by atoms with Crippen molar-refractivity contribution in [1.29, 1.82) is 0 Å². The molecule has 0 radical (unpaired) electrons. The van der Waals surface area contributed by atoms with Gasteiger partial charge in [-0.2, -0.15) is 0 Å². The molecule has 4 nitrogen and oxygen atoms in total. The van der Waals surface area contributed by atoms with Crippen molar-refractivity contribution in [1.82, 2.24) is 4.98 Å². The van der Waals surface area contributed by atoms with E-state index in [0.717, 1.165) is 15.2 Å². The van der Waals surface area contributed by atoms with Gasteiger partial charge in [-0.15, -0.1) is 0 Å². The fraction of sp³-hybridized carbons (Fsp3) is 0.286. The number of ether oxygens (including phenoxy) is 2. The van der Waals surface area contributed by atoms with Gasteiger partial charge in [0.05, 0.1) is 11.6 Å². The first-order valence-electron chi connectivity index (χ1n) is 5.75. The number of methoxy groups -OCH3 is 1. The van der Waals surface area contributed by atoms with E-state index in [1.165, 1.54) is 7.11 Å². The second-order valence-corrected chi connectivity index (χ2v) is 5.37. The Bertz CT molecular complexity index is 625. The molecule has 0 aliphatic carbocycles. The van der Waals surface area contributed by atoms with Gasteiger partial charge in [0.2, 0.25) is 0 Å². The van der Waals surface area contributed by atoms with Gasteiger partial charge in [-0.3, -0.25) is 4.98 Å². The second-order valence-electron chi connectivity index (χ2n) is 4.58. The SMILES string of the molecule is COC(=O)C(C)(C)Oc1ccc2cnccc2c1Br. The summed E-state index contributed by atoms with van der Waals surface area (Å²) in [7, 11) is 1.34. The Morgan fingerprint density at radius 3 is 2.74 bits per heavy atom. The lowest BCUT2D eigenvalue weighted by atomic mass is 10.1. The highest BCUT2D eigenvalue weighted by molar-refractivity contribution is 9.10. The molecule has 0 amide bonds. The van der Waals surface area contributed by atoms with Gasteiger partial charge in [-0.25, -0.2) is 4.79 Å². The van der Waals surface area contributed by atoms with E-state index in [9.17, 15) is 4.79 Å². The van der Waals surface area contributed by atoms with Crippen molar-refractivity contribution < 1.29 is 14.3 Å². The predicted molar refractivity (Wildman–Crippen MR) is 76.2 cm³/mol. The minimum Gasteiger partial charge on any atom is -0.475 e. The Labute approximate surface area is 119 Å². The molecule has 0 spiro atoms. The molecular weight excluding hydrogens is 310 g/mol. The van der Waals surface area contributed by atoms with E-state index in [1.54, 1.807) is 32.3 Å². The van der Waals surface area contributed by atoms with E-state index >= 15 is 0 Å². The molecular formula is C14H14BrNO3. The molecule has 0 saturated heterocycles. The van der Waals surface area contributed by atoms with Gasteiger partial charge in [0.15, 0.2) is 5.60 Å². The van der Waals surface area contributed by atoms with Crippen molar-refractivity contribution in [3.63, 3.8) is 0 Å². The number of halogens is 1. The average Bonchev–Trinajstić information content (AvgIpc) is 2.41. The van der Waals surface area contributed by atoms with Crippen LogP contribution in [0, 0.1) is 0 Å². The third kappa shape index (κ3) is 2.71. The lowest BCUT2D eigenvalue weighted by Gasteiger charge is -2.24. The summed E-state index contributed by atoms with van der Waals surface area (Å²) in [6, 6.07) is 5.59. The first-order chi connectivity index (χ1) is 8.95. The number of pyridine rings is 1. The number of carbonyl (C=O) groups is 1. The third-order valence-corrected chi connectivity index (χ3v) is 3.58. The van der Waals surface area contributed by atoms with Gasteiger partial charge in [-0.1, -0.05) is 0 Å². The fourth-order valence-corrected chi connectivity index (χ4v) is 2.33. The van der Waals surface area contributed by atoms with Gasteiger partial charge < -0.3 is 9.47 Å². The van der Waals surface area contributed by atoms with E-state index < -0.39 is 11.6 Å². The molecule has 0 bridgehead atoms. The number of nitrogens with zero attached hydrogens (tertiary/aromatic N) is 1. The molecule has 2 rings (SSSR count). The Morgan fingerprint density at radius 2 is 2.05 bits per heavy atom. The van der Waals surface area contributed by atoms with Crippen LogP contribution in [0.25, 0.3) is 10.8 Å². The van der Waals surface area contributed by atoms with E-state index in [1.807, 2.05) is 12.1 Å². The number of aromatic nitrogens is 1. The average molecular weight is 324 g/mol. The number of rotatable bonds is 3. The maximum Gasteiger partial charge on any atom is 0.349 e. The normalized spacial score (nSPS) is 11.4. The zero-order valence-electron chi connectivity index (χ0n) is 10.9. The number of esters is 1. The van der Waals surface area contributed by atoms with E-state index in [2.05, 4.69) is 20.9 Å². The lowest BCUT2D eigenvalue weighted by molar-refractivity contribution is -0.156. The highest BCUT2D eigenvalue weighted by Gasteiger charge is 2.31. The first kappa shape index (κ1) is 13.8. The maximum absolute atomic E-state index is 11.6. The first-order valence-corrected chi connectivity index (χ1v) is 6.54. The number of hydrogen-bond acceptors (Lipinski definition) is 4. The smallest absolute Gasteiger partial charge is 0.349 e. The highest BCUT2D eigenvalue weighted by atomic mass is 79.9. The van der Waals surface area contributed by atoms with Crippen molar-refractivity contribution in [2.24, 2.45) is 0 Å². The standard InChI is InChI=1S/C14H14BrNO3/c1-14(2,13(17)18-3)19-11-5-4-9-8-16-7-6-10(9)12(11)15/h4-8H,1-3H3. The van der Waals surface area contributed by atoms with Crippen molar-refractivity contribution in [2.45, 2.75) is 19.4 Å². The van der Waals surface area contributed by atoms with Crippen LogP contribution in [0.1, 0.15) is 13.8 Å². The van der Waals surface area contributed by atoms with Crippen LogP contribution in [-0.2, 0) is 9.53 Å². The fourth-order valence-electron chi connectivity index (χ4n) is 1.75. The molecule has 2 aromatic rings. The minimum absolute atomic E-state index is 0.422. The molecule has 0 aliphatic heterocycles. The van der Waals surface area contributed by atoms with Gasteiger partial charge in [0.25, 0.3) is 0 Å². The molecule has 0 atom stereocenters. The van der Waals surface area contributed by atoms with Crippen LogP contribution in [0.4, 0.5) is 0 Å². The van der Waals surface area contributed by atoms with Crippen LogP contribution in [0.2, 0.25) is 0 Å². The summed E-state index contributed by atoms with van der Waals surface area (Å²) in [5.41, 5.74) is -1.04. The van der Waals surface area contributed by atoms with Crippen LogP contribution in [0.3, 0.4) is 0 Å². The molecule has 0 unspecified atom stereocenters. The van der Waals surface area contributed by atoms with Crippen molar-refractivity contribution in [3.05, 3.63) is 35.1 Å². The van der Waals surface area contributed by atoms with Gasteiger partial charge in [0, 0.05) is 23.2 Å². The quantitative estimate of drug-likeness (QED) is 0.813. The molecule has 0 N–H and O–H groups in total. The third-order valence-electron chi connectivity index (χ3n) is 2.76. The summed E-state index contributed by atoms with van der Waals surface area (Å²) >= 11 is 3.50. The Morgan fingerprint density at radius 1 is 1.32 bits per heavy atom. The van der Waals surface area contributed by atoms with Crippen molar-refractivity contribution in [2.75, 3.05) is 7.11 Å². The monoisotopic (exact) mass is 323 g/mol. The number of carbonyl (C=O) groups excluding carboxylic acids is 1. The van der Waals surface area contributed by atoms with Crippen LogP contribution in [0.15, 0.2) is 35.1 Å². The highest BCUT2D eigenvalue weighted by Crippen LogP contribution is 2.34. The Hall–Kier alpha value is -1.62. The maximum atomic E-state index is 11.6. The Balaban J connectivity index is 2.41. The zero-order valence-corrected chi connectivity index (χ0v) is 12.5. The molecule has 1 aromatic heterocycles. The van der Waals surface area contributed by atoms with Crippen molar-refractivity contribution >= 4 is 32.7 Å². The second kappa shape index (κ2) is 5.17. The van der Waals surface area contributed by atoms with Crippen LogP contribution in [0.5, 0.6) is 5.75 Å². The lowest BCUT2D eigenvalue weighted by Crippen LogP contribution is -2.39. The van der Waals surface area contributed by atoms with E-state index in [0.29, 0.717) is 5.75 Å². The number of benzene rings is 1. The Kier molecular flexibility index (Phi) is 3.75. The minimum atomic E-state index is -1.04. The molecule has 0 aliphatic rings.